The number of fused-ring (bicyclic) bond motifs is 1. The van der Waals surface area contributed by atoms with E-state index >= 15 is 0 Å². The number of imidazole rings is 1. The Kier molecular flexibility index (Phi) is 4.44. The van der Waals surface area contributed by atoms with Crippen molar-refractivity contribution in [1.29, 1.82) is 0 Å². The van der Waals surface area contributed by atoms with Gasteiger partial charge in [-0.3, -0.25) is 4.57 Å². The molecule has 3 N–H and O–H groups in total. The molecule has 0 amide bonds. The second-order valence-electron chi connectivity index (χ2n) is 5.42. The van der Waals surface area contributed by atoms with E-state index in [4.69, 9.17) is 4.74 Å². The Bertz CT molecular complexity index is 674. The van der Waals surface area contributed by atoms with E-state index in [-0.39, 0.29) is 6.61 Å². The van der Waals surface area contributed by atoms with E-state index < -0.39 is 24.5 Å². The molecule has 126 valence electrons. The molecular formula is C14H21N5O4. The van der Waals surface area contributed by atoms with Crippen LogP contribution in [0.2, 0.25) is 0 Å². The molecule has 0 radical (unpaired) electrons. The van der Waals surface area contributed by atoms with E-state index in [1.54, 1.807) is 4.57 Å². The maximum atomic E-state index is 10.2. The molecule has 0 spiro atoms. The van der Waals surface area contributed by atoms with Crippen molar-refractivity contribution >= 4 is 17.0 Å². The van der Waals surface area contributed by atoms with Crippen molar-refractivity contribution in [2.75, 3.05) is 24.6 Å². The molecular weight excluding hydrogens is 302 g/mol. The summed E-state index contributed by atoms with van der Waals surface area (Å²) in [5.41, 5.74) is 1.12. The lowest BCUT2D eigenvalue weighted by molar-refractivity contribution is -0.0511. The summed E-state index contributed by atoms with van der Waals surface area (Å²) >= 11 is 0. The number of rotatable bonds is 5. The van der Waals surface area contributed by atoms with E-state index in [1.165, 1.54) is 12.7 Å². The molecule has 1 aliphatic rings. The van der Waals surface area contributed by atoms with Gasteiger partial charge in [0.1, 0.15) is 24.6 Å². The third-order valence-corrected chi connectivity index (χ3v) is 4.19. The van der Waals surface area contributed by atoms with Gasteiger partial charge >= 0.3 is 0 Å². The van der Waals surface area contributed by atoms with E-state index in [0.717, 1.165) is 13.1 Å². The van der Waals surface area contributed by atoms with E-state index in [0.29, 0.717) is 17.0 Å². The highest BCUT2D eigenvalue weighted by molar-refractivity contribution is 5.83. The summed E-state index contributed by atoms with van der Waals surface area (Å²) in [4.78, 5) is 14.9. The molecule has 2 aromatic rings. The van der Waals surface area contributed by atoms with Gasteiger partial charge in [-0.15, -0.1) is 0 Å². The Morgan fingerprint density at radius 2 is 1.91 bits per heavy atom. The van der Waals surface area contributed by atoms with Crippen LogP contribution >= 0.6 is 0 Å². The second-order valence-corrected chi connectivity index (χ2v) is 5.42. The van der Waals surface area contributed by atoms with Gasteiger partial charge < -0.3 is 25.0 Å². The first kappa shape index (κ1) is 16.1. The Morgan fingerprint density at radius 1 is 1.17 bits per heavy atom. The Balaban J connectivity index is 2.02. The molecule has 0 unspecified atom stereocenters. The number of nitrogens with zero attached hydrogens (tertiary/aromatic N) is 5. The second kappa shape index (κ2) is 6.36. The molecule has 1 fully saturated rings. The minimum atomic E-state index is -1.17. The normalized spacial score (nSPS) is 27.7. The lowest BCUT2D eigenvalue weighted by Gasteiger charge is -2.20. The van der Waals surface area contributed by atoms with Crippen molar-refractivity contribution in [2.24, 2.45) is 0 Å². The van der Waals surface area contributed by atoms with Gasteiger partial charge in [-0.25, -0.2) is 15.0 Å². The van der Waals surface area contributed by atoms with Crippen LogP contribution in [0.5, 0.6) is 0 Å². The topological polar surface area (TPSA) is 117 Å². The van der Waals surface area contributed by atoms with Gasteiger partial charge in [0, 0.05) is 13.1 Å². The summed E-state index contributed by atoms with van der Waals surface area (Å²) in [6, 6.07) is 0. The highest BCUT2D eigenvalue weighted by Gasteiger charge is 2.44. The first-order chi connectivity index (χ1) is 11.1. The fraction of sp³-hybridized carbons (Fsp3) is 0.643. The largest absolute Gasteiger partial charge is 0.394 e. The van der Waals surface area contributed by atoms with Crippen LogP contribution < -0.4 is 4.90 Å². The molecule has 1 aliphatic heterocycles. The van der Waals surface area contributed by atoms with Gasteiger partial charge in [0.25, 0.3) is 0 Å². The van der Waals surface area contributed by atoms with Crippen molar-refractivity contribution in [3.8, 4) is 0 Å². The molecule has 23 heavy (non-hydrogen) atoms. The van der Waals surface area contributed by atoms with Gasteiger partial charge in [0.15, 0.2) is 23.2 Å². The number of hydrogen-bond donors (Lipinski definition) is 3. The van der Waals surface area contributed by atoms with E-state index in [9.17, 15) is 15.3 Å². The van der Waals surface area contributed by atoms with E-state index in [1.807, 2.05) is 13.8 Å². The number of aliphatic hydroxyl groups is 3. The third kappa shape index (κ3) is 2.55. The van der Waals surface area contributed by atoms with Gasteiger partial charge in [-0.05, 0) is 13.8 Å². The first-order valence-electron chi connectivity index (χ1n) is 7.67. The molecule has 9 nitrogen and oxygen atoms in total. The summed E-state index contributed by atoms with van der Waals surface area (Å²) in [7, 11) is 0. The number of aliphatic hydroxyl groups excluding tert-OH is 3. The average Bonchev–Trinajstić information content (AvgIpc) is 3.11. The van der Waals surface area contributed by atoms with Crippen LogP contribution in [0.4, 0.5) is 5.82 Å². The van der Waals surface area contributed by atoms with Crippen molar-refractivity contribution in [3.05, 3.63) is 12.7 Å². The fourth-order valence-electron chi connectivity index (χ4n) is 2.89. The van der Waals surface area contributed by atoms with Crippen LogP contribution in [0.15, 0.2) is 12.7 Å². The maximum Gasteiger partial charge on any atom is 0.167 e. The quantitative estimate of drug-likeness (QED) is 0.660. The average molecular weight is 323 g/mol. The number of aromatic nitrogens is 4. The third-order valence-electron chi connectivity index (χ3n) is 4.19. The molecule has 3 heterocycles. The smallest absolute Gasteiger partial charge is 0.167 e. The van der Waals surface area contributed by atoms with Gasteiger partial charge in [-0.1, -0.05) is 0 Å². The lowest BCUT2D eigenvalue weighted by atomic mass is 10.1. The van der Waals surface area contributed by atoms with Crippen molar-refractivity contribution in [1.82, 2.24) is 19.5 Å². The van der Waals surface area contributed by atoms with Crippen LogP contribution in [0.1, 0.15) is 20.1 Å². The van der Waals surface area contributed by atoms with Gasteiger partial charge in [0.2, 0.25) is 0 Å². The standard InChI is InChI=1S/C14H21N5O4/c1-3-18(4-2)12-9-13(16-6-15-12)19(7-17-9)14-11(22)10(21)8(5-20)23-14/h6-8,10-11,14,20-22H,3-5H2,1-2H3/t8-,10-,11-,14-/m1/s1. The van der Waals surface area contributed by atoms with Gasteiger partial charge in [0.05, 0.1) is 12.9 Å². The molecule has 0 saturated carbocycles. The minimum absolute atomic E-state index is 0.374. The molecule has 0 aliphatic carbocycles. The highest BCUT2D eigenvalue weighted by Crippen LogP contribution is 2.32. The zero-order chi connectivity index (χ0) is 16.6. The van der Waals surface area contributed by atoms with Crippen LogP contribution in [-0.2, 0) is 4.74 Å². The first-order valence-corrected chi connectivity index (χ1v) is 7.67. The van der Waals surface area contributed by atoms with Crippen molar-refractivity contribution in [2.45, 2.75) is 38.4 Å². The Labute approximate surface area is 133 Å². The Hall–Kier alpha value is -1.81. The predicted molar refractivity (Wildman–Crippen MR) is 81.9 cm³/mol. The van der Waals surface area contributed by atoms with Crippen LogP contribution in [-0.4, -0.2) is 72.8 Å². The van der Waals surface area contributed by atoms with Crippen LogP contribution in [0, 0.1) is 0 Å². The summed E-state index contributed by atoms with van der Waals surface area (Å²) in [5.74, 6) is 0.713. The maximum absolute atomic E-state index is 10.2. The zero-order valence-corrected chi connectivity index (χ0v) is 13.1. The predicted octanol–water partition coefficient (Wildman–Crippen LogP) is -0.716. The monoisotopic (exact) mass is 323 g/mol. The van der Waals surface area contributed by atoms with Crippen LogP contribution in [0.25, 0.3) is 11.2 Å². The molecule has 0 aromatic carbocycles. The van der Waals surface area contributed by atoms with Crippen LogP contribution in [0.3, 0.4) is 0 Å². The molecule has 0 bridgehead atoms. The molecule has 2 aromatic heterocycles. The lowest BCUT2D eigenvalue weighted by Crippen LogP contribution is -2.33. The Morgan fingerprint density at radius 3 is 2.52 bits per heavy atom. The molecule has 1 saturated heterocycles. The van der Waals surface area contributed by atoms with Crippen molar-refractivity contribution in [3.63, 3.8) is 0 Å². The number of ether oxygens (including phenoxy) is 1. The summed E-state index contributed by atoms with van der Waals surface area (Å²) < 4.78 is 7.10. The summed E-state index contributed by atoms with van der Waals surface area (Å²) in [5, 5.41) is 29.3. The number of hydrogen-bond acceptors (Lipinski definition) is 8. The zero-order valence-electron chi connectivity index (χ0n) is 13.1. The summed E-state index contributed by atoms with van der Waals surface area (Å²) in [6.07, 6.45) is -1.08. The molecule has 9 heteroatoms. The fourth-order valence-corrected chi connectivity index (χ4v) is 2.89. The van der Waals surface area contributed by atoms with Crippen molar-refractivity contribution < 1.29 is 20.1 Å². The van der Waals surface area contributed by atoms with Gasteiger partial charge in [-0.2, -0.15) is 0 Å². The summed E-state index contributed by atoms with van der Waals surface area (Å²) in [6.45, 7) is 5.24. The highest BCUT2D eigenvalue weighted by atomic mass is 16.6. The number of anilines is 1. The SMILES string of the molecule is CCN(CC)c1ncnc2c1ncn2[C@@H]1O[C@H](CO)[C@@H](O)[C@H]1O. The molecule has 3 rings (SSSR count). The van der Waals surface area contributed by atoms with E-state index in [2.05, 4.69) is 19.9 Å². The minimum Gasteiger partial charge on any atom is -0.394 e. The molecule has 4 atom stereocenters.